The van der Waals surface area contributed by atoms with E-state index in [2.05, 4.69) is 4.98 Å². The number of nitrogens with zero attached hydrogens (tertiary/aromatic N) is 2. The second-order valence-electron chi connectivity index (χ2n) is 3.02. The second kappa shape index (κ2) is 3.58. The molecule has 0 fully saturated rings. The molecule has 2 amide bonds. The summed E-state index contributed by atoms with van der Waals surface area (Å²) in [4.78, 5) is 38.0. The van der Waals surface area contributed by atoms with Crippen LogP contribution >= 0.6 is 0 Å². The van der Waals surface area contributed by atoms with E-state index in [-0.39, 0.29) is 11.4 Å². The normalized spacial score (nSPS) is 14.6. The fourth-order valence-corrected chi connectivity index (χ4v) is 1.35. The van der Waals surface area contributed by atoms with Gasteiger partial charge in [0, 0.05) is 18.3 Å². The Morgan fingerprint density at radius 2 is 1.88 bits per heavy atom. The lowest BCUT2D eigenvalue weighted by Crippen LogP contribution is -2.32. The van der Waals surface area contributed by atoms with Crippen LogP contribution in [-0.4, -0.2) is 27.9 Å². The van der Waals surface area contributed by atoms with Crippen LogP contribution in [0.3, 0.4) is 0 Å². The molecule has 1 N–H and O–H groups in total. The second-order valence-corrected chi connectivity index (χ2v) is 3.02. The van der Waals surface area contributed by atoms with Crippen LogP contribution in [-0.2, 0) is 9.59 Å². The number of imide groups is 1. The summed E-state index contributed by atoms with van der Waals surface area (Å²) in [6, 6.07) is 2.70. The zero-order chi connectivity index (χ0) is 11.7. The van der Waals surface area contributed by atoms with Gasteiger partial charge in [-0.25, -0.2) is 14.7 Å². The van der Waals surface area contributed by atoms with Crippen molar-refractivity contribution in [1.82, 2.24) is 4.98 Å². The minimum Gasteiger partial charge on any atom is -0.478 e. The van der Waals surface area contributed by atoms with Crippen LogP contribution in [0.15, 0.2) is 30.5 Å². The third-order valence-corrected chi connectivity index (χ3v) is 2.04. The van der Waals surface area contributed by atoms with Gasteiger partial charge in [-0.15, -0.1) is 0 Å². The highest BCUT2D eigenvalue weighted by atomic mass is 16.4. The quantitative estimate of drug-likeness (QED) is 0.717. The maximum Gasteiger partial charge on any atom is 0.339 e. The Bertz CT molecular complexity index is 503. The molecule has 6 nitrogen and oxygen atoms in total. The first-order chi connectivity index (χ1) is 7.61. The number of hydrogen-bond donors (Lipinski definition) is 1. The lowest BCUT2D eigenvalue weighted by molar-refractivity contribution is -0.120. The minimum atomic E-state index is -1.24. The first-order valence-corrected chi connectivity index (χ1v) is 4.35. The lowest BCUT2D eigenvalue weighted by atomic mass is 10.2. The molecule has 0 saturated carbocycles. The Labute approximate surface area is 89.8 Å². The van der Waals surface area contributed by atoms with Crippen LogP contribution in [0.2, 0.25) is 0 Å². The Kier molecular flexibility index (Phi) is 2.24. The van der Waals surface area contributed by atoms with Crippen LogP contribution < -0.4 is 4.90 Å². The fraction of sp³-hybridized carbons (Fsp3) is 0. The Hall–Kier alpha value is -2.50. The number of aromatic nitrogens is 1. The number of carboxylic acid groups (broad SMARTS) is 1. The van der Waals surface area contributed by atoms with Crippen molar-refractivity contribution < 1.29 is 19.5 Å². The van der Waals surface area contributed by atoms with Gasteiger partial charge in [-0.2, -0.15) is 0 Å². The Balaban J connectivity index is 2.52. The molecule has 1 aromatic heterocycles. The summed E-state index contributed by atoms with van der Waals surface area (Å²) in [5, 5.41) is 8.89. The summed E-state index contributed by atoms with van der Waals surface area (Å²) in [6.07, 6.45) is 3.46. The molecule has 1 aliphatic rings. The first kappa shape index (κ1) is 10.0. The molecule has 80 valence electrons. The maximum atomic E-state index is 11.3. The molecule has 1 aliphatic heterocycles. The topological polar surface area (TPSA) is 87.6 Å². The fourth-order valence-electron chi connectivity index (χ4n) is 1.35. The van der Waals surface area contributed by atoms with E-state index in [4.69, 9.17) is 5.11 Å². The van der Waals surface area contributed by atoms with Crippen LogP contribution in [0.25, 0.3) is 0 Å². The molecule has 0 spiro atoms. The van der Waals surface area contributed by atoms with Crippen LogP contribution in [0.1, 0.15) is 10.4 Å². The van der Waals surface area contributed by atoms with Crippen LogP contribution in [0.4, 0.5) is 5.82 Å². The molecule has 0 saturated heterocycles. The average molecular weight is 218 g/mol. The third-order valence-electron chi connectivity index (χ3n) is 2.04. The summed E-state index contributed by atoms with van der Waals surface area (Å²) >= 11 is 0. The standard InChI is InChI=1S/C10H6N2O4/c13-7-3-4-8(14)12(7)9-6(10(15)16)2-1-5-11-9/h1-5H,(H,15,16). The number of anilines is 1. The molecule has 0 aliphatic carbocycles. The Morgan fingerprint density at radius 1 is 1.25 bits per heavy atom. The molecule has 6 heteroatoms. The molecule has 0 aromatic carbocycles. The van der Waals surface area contributed by atoms with Gasteiger partial charge in [0.05, 0.1) is 0 Å². The number of carbonyl (C=O) groups excluding carboxylic acids is 2. The Morgan fingerprint density at radius 3 is 2.44 bits per heavy atom. The molecule has 2 rings (SSSR count). The van der Waals surface area contributed by atoms with E-state index in [0.717, 1.165) is 17.1 Å². The first-order valence-electron chi connectivity index (χ1n) is 4.35. The van der Waals surface area contributed by atoms with Crippen molar-refractivity contribution in [1.29, 1.82) is 0 Å². The largest absolute Gasteiger partial charge is 0.478 e. The number of aromatic carboxylic acids is 1. The van der Waals surface area contributed by atoms with E-state index in [1.807, 2.05) is 0 Å². The summed E-state index contributed by atoms with van der Waals surface area (Å²) in [7, 11) is 0. The summed E-state index contributed by atoms with van der Waals surface area (Å²) in [5.41, 5.74) is -0.187. The molecule has 0 unspecified atom stereocenters. The van der Waals surface area contributed by atoms with E-state index in [1.54, 1.807) is 0 Å². The number of hydrogen-bond acceptors (Lipinski definition) is 4. The highest BCUT2D eigenvalue weighted by molar-refractivity contribution is 6.28. The smallest absolute Gasteiger partial charge is 0.339 e. The van der Waals surface area contributed by atoms with Crippen molar-refractivity contribution in [3.8, 4) is 0 Å². The minimum absolute atomic E-state index is 0.157. The van der Waals surface area contributed by atoms with Gasteiger partial charge in [0.25, 0.3) is 11.8 Å². The molecule has 0 atom stereocenters. The van der Waals surface area contributed by atoms with E-state index >= 15 is 0 Å². The van der Waals surface area contributed by atoms with Crippen molar-refractivity contribution in [3.63, 3.8) is 0 Å². The van der Waals surface area contributed by atoms with E-state index in [0.29, 0.717) is 0 Å². The molecular weight excluding hydrogens is 212 g/mol. The highest BCUT2D eigenvalue weighted by Gasteiger charge is 2.29. The van der Waals surface area contributed by atoms with Gasteiger partial charge in [0.1, 0.15) is 5.56 Å². The maximum absolute atomic E-state index is 11.3. The number of carboxylic acids is 1. The highest BCUT2D eigenvalue weighted by Crippen LogP contribution is 2.20. The van der Waals surface area contributed by atoms with Gasteiger partial charge in [-0.3, -0.25) is 9.59 Å². The number of amides is 2. The third kappa shape index (κ3) is 1.46. The lowest BCUT2D eigenvalue weighted by Gasteiger charge is -2.14. The van der Waals surface area contributed by atoms with Crippen molar-refractivity contribution >= 4 is 23.6 Å². The molecular formula is C10H6N2O4. The van der Waals surface area contributed by atoms with Crippen molar-refractivity contribution in [2.75, 3.05) is 4.90 Å². The number of pyridine rings is 1. The number of carbonyl (C=O) groups is 3. The van der Waals surface area contributed by atoms with Gasteiger partial charge in [-0.05, 0) is 12.1 Å². The van der Waals surface area contributed by atoms with E-state index < -0.39 is 17.8 Å². The summed E-state index contributed by atoms with van der Waals surface area (Å²) in [5.74, 6) is -2.58. The van der Waals surface area contributed by atoms with Crippen molar-refractivity contribution in [3.05, 3.63) is 36.0 Å². The average Bonchev–Trinajstić information content (AvgIpc) is 2.58. The zero-order valence-corrected chi connectivity index (χ0v) is 7.95. The monoisotopic (exact) mass is 218 g/mol. The van der Waals surface area contributed by atoms with Crippen molar-refractivity contribution in [2.45, 2.75) is 0 Å². The van der Waals surface area contributed by atoms with E-state index in [1.165, 1.54) is 18.3 Å². The SMILES string of the molecule is O=C(O)c1cccnc1N1C(=O)C=CC1=O. The molecule has 0 bridgehead atoms. The molecule has 1 aromatic rings. The van der Waals surface area contributed by atoms with Crippen molar-refractivity contribution in [2.24, 2.45) is 0 Å². The van der Waals surface area contributed by atoms with Crippen LogP contribution in [0.5, 0.6) is 0 Å². The van der Waals surface area contributed by atoms with Crippen LogP contribution in [0, 0.1) is 0 Å². The zero-order valence-electron chi connectivity index (χ0n) is 7.95. The predicted molar refractivity (Wildman–Crippen MR) is 52.8 cm³/mol. The molecule has 0 radical (unpaired) electrons. The van der Waals surface area contributed by atoms with E-state index in [9.17, 15) is 14.4 Å². The predicted octanol–water partition coefficient (Wildman–Crippen LogP) is 0.209. The molecule has 16 heavy (non-hydrogen) atoms. The number of rotatable bonds is 2. The summed E-state index contributed by atoms with van der Waals surface area (Å²) in [6.45, 7) is 0. The van der Waals surface area contributed by atoms with Gasteiger partial charge >= 0.3 is 5.97 Å². The van der Waals surface area contributed by atoms with Gasteiger partial charge in [-0.1, -0.05) is 0 Å². The van der Waals surface area contributed by atoms with Gasteiger partial charge in [0.2, 0.25) is 0 Å². The van der Waals surface area contributed by atoms with Gasteiger partial charge in [0.15, 0.2) is 5.82 Å². The summed E-state index contributed by atoms with van der Waals surface area (Å²) < 4.78 is 0. The van der Waals surface area contributed by atoms with Gasteiger partial charge < -0.3 is 5.11 Å². The molecule has 2 heterocycles.